The van der Waals surface area contributed by atoms with Crippen molar-refractivity contribution in [2.24, 2.45) is 0 Å². The van der Waals surface area contributed by atoms with E-state index in [0.29, 0.717) is 13.2 Å². The van der Waals surface area contributed by atoms with Crippen molar-refractivity contribution in [3.8, 4) is 0 Å². The van der Waals surface area contributed by atoms with Crippen molar-refractivity contribution >= 4 is 28.7 Å². The Labute approximate surface area is 127 Å². The van der Waals surface area contributed by atoms with Crippen molar-refractivity contribution in [3.63, 3.8) is 0 Å². The summed E-state index contributed by atoms with van der Waals surface area (Å²) in [5, 5.41) is 0. The largest absolute Gasteiger partial charge is 0.444 e. The zero-order valence-corrected chi connectivity index (χ0v) is 13.3. The molecule has 0 unspecified atom stereocenters. The van der Waals surface area contributed by atoms with E-state index in [2.05, 4.69) is 22.6 Å². The van der Waals surface area contributed by atoms with Crippen molar-refractivity contribution in [2.75, 3.05) is 11.0 Å². The molecule has 1 fully saturated rings. The third kappa shape index (κ3) is 3.39. The smallest absolute Gasteiger partial charge is 0.412 e. The molecule has 1 heterocycles. The molecule has 1 aromatic rings. The summed E-state index contributed by atoms with van der Waals surface area (Å²) >= 11 is 2.27. The fourth-order valence-electron chi connectivity index (χ4n) is 2.16. The highest BCUT2D eigenvalue weighted by Crippen LogP contribution is 2.29. The van der Waals surface area contributed by atoms with Crippen LogP contribution in [0.2, 0.25) is 0 Å². The molecular formula is C14H18INO3. The van der Waals surface area contributed by atoms with E-state index in [1.54, 1.807) is 4.90 Å². The van der Waals surface area contributed by atoms with Gasteiger partial charge in [-0.1, -0.05) is 52.9 Å². The van der Waals surface area contributed by atoms with Gasteiger partial charge in [0.2, 0.25) is 0 Å². The second-order valence-corrected chi connectivity index (χ2v) is 5.86. The molecule has 1 aliphatic heterocycles. The van der Waals surface area contributed by atoms with Crippen LogP contribution < -0.4 is 0 Å². The standard InChI is InChI=1S/C14H18INO3/c1-14(2)16(12(8-15)10-19-14)13(17)18-9-11-6-4-3-5-7-11/h3-7,12H,8-10H2,1-2H3/t12-/m1/s1. The van der Waals surface area contributed by atoms with Gasteiger partial charge < -0.3 is 9.47 Å². The van der Waals surface area contributed by atoms with E-state index in [-0.39, 0.29) is 12.1 Å². The van der Waals surface area contributed by atoms with Gasteiger partial charge in [0, 0.05) is 4.43 Å². The van der Waals surface area contributed by atoms with Crippen LogP contribution in [0, 0.1) is 0 Å². The first-order valence-electron chi connectivity index (χ1n) is 6.24. The molecule has 0 spiro atoms. The first-order chi connectivity index (χ1) is 9.04. The number of amides is 1. The zero-order valence-electron chi connectivity index (χ0n) is 11.1. The van der Waals surface area contributed by atoms with Crippen LogP contribution in [-0.2, 0) is 16.1 Å². The van der Waals surface area contributed by atoms with Gasteiger partial charge in [0.05, 0.1) is 12.6 Å². The topological polar surface area (TPSA) is 38.8 Å². The van der Waals surface area contributed by atoms with Crippen LogP contribution in [0.1, 0.15) is 19.4 Å². The van der Waals surface area contributed by atoms with Crippen LogP contribution in [0.4, 0.5) is 4.79 Å². The number of carbonyl (C=O) groups excluding carboxylic acids is 1. The SMILES string of the molecule is CC1(C)OC[C@@H](CI)N1C(=O)OCc1ccccc1. The van der Waals surface area contributed by atoms with Gasteiger partial charge in [-0.2, -0.15) is 0 Å². The predicted octanol–water partition coefficient (Wildman–Crippen LogP) is 3.20. The summed E-state index contributed by atoms with van der Waals surface area (Å²) in [5.41, 5.74) is 0.392. The maximum Gasteiger partial charge on any atom is 0.412 e. The average molecular weight is 375 g/mol. The highest BCUT2D eigenvalue weighted by atomic mass is 127. The van der Waals surface area contributed by atoms with E-state index in [4.69, 9.17) is 9.47 Å². The summed E-state index contributed by atoms with van der Waals surface area (Å²) in [5.74, 6) is 0. The summed E-state index contributed by atoms with van der Waals surface area (Å²) in [7, 11) is 0. The monoisotopic (exact) mass is 375 g/mol. The Kier molecular flexibility index (Phi) is 4.67. The molecule has 4 nitrogen and oxygen atoms in total. The Hall–Kier alpha value is -0.820. The first-order valence-corrected chi connectivity index (χ1v) is 7.77. The van der Waals surface area contributed by atoms with Gasteiger partial charge in [0.1, 0.15) is 12.3 Å². The van der Waals surface area contributed by atoms with E-state index < -0.39 is 5.72 Å². The highest BCUT2D eigenvalue weighted by molar-refractivity contribution is 14.1. The quantitative estimate of drug-likeness (QED) is 0.602. The molecule has 1 aliphatic rings. The maximum absolute atomic E-state index is 12.2. The van der Waals surface area contributed by atoms with Gasteiger partial charge in [-0.3, -0.25) is 4.90 Å². The van der Waals surface area contributed by atoms with Crippen molar-refractivity contribution in [2.45, 2.75) is 32.2 Å². The molecule has 1 atom stereocenters. The number of rotatable bonds is 3. The molecule has 0 radical (unpaired) electrons. The average Bonchev–Trinajstić information content (AvgIpc) is 2.72. The number of hydrogen-bond donors (Lipinski definition) is 0. The molecule has 0 aliphatic carbocycles. The van der Waals surface area contributed by atoms with Gasteiger partial charge >= 0.3 is 6.09 Å². The number of hydrogen-bond acceptors (Lipinski definition) is 3. The van der Waals surface area contributed by atoms with Crippen molar-refractivity contribution in [1.82, 2.24) is 4.90 Å². The Bertz CT molecular complexity index is 436. The van der Waals surface area contributed by atoms with Crippen LogP contribution in [-0.4, -0.2) is 33.8 Å². The molecule has 0 aromatic heterocycles. The lowest BCUT2D eigenvalue weighted by atomic mass is 10.2. The molecule has 0 bridgehead atoms. The van der Waals surface area contributed by atoms with Crippen LogP contribution in [0.15, 0.2) is 30.3 Å². The fraction of sp³-hybridized carbons (Fsp3) is 0.500. The van der Waals surface area contributed by atoms with Gasteiger partial charge in [-0.15, -0.1) is 0 Å². The molecule has 5 heteroatoms. The molecule has 19 heavy (non-hydrogen) atoms. The molecule has 0 saturated carbocycles. The predicted molar refractivity (Wildman–Crippen MR) is 81.2 cm³/mol. The van der Waals surface area contributed by atoms with Gasteiger partial charge in [0.15, 0.2) is 0 Å². The molecule has 2 rings (SSSR count). The first kappa shape index (κ1) is 14.6. The third-order valence-electron chi connectivity index (χ3n) is 3.15. The number of carbonyl (C=O) groups is 1. The summed E-state index contributed by atoms with van der Waals surface area (Å²) < 4.78 is 11.9. The summed E-state index contributed by atoms with van der Waals surface area (Å²) in [6.45, 7) is 4.64. The second kappa shape index (κ2) is 6.09. The molecule has 104 valence electrons. The number of benzene rings is 1. The normalized spacial score (nSPS) is 21.4. The van der Waals surface area contributed by atoms with E-state index in [1.807, 2.05) is 44.2 Å². The molecule has 1 amide bonds. The van der Waals surface area contributed by atoms with E-state index in [0.717, 1.165) is 9.99 Å². The van der Waals surface area contributed by atoms with E-state index >= 15 is 0 Å². The Morgan fingerprint density at radius 2 is 2.16 bits per heavy atom. The minimum atomic E-state index is -0.594. The summed E-state index contributed by atoms with van der Waals surface area (Å²) in [6.07, 6.45) is -0.312. The van der Waals surface area contributed by atoms with Crippen LogP contribution in [0.25, 0.3) is 0 Å². The molecule has 1 saturated heterocycles. The van der Waals surface area contributed by atoms with Crippen LogP contribution in [0.5, 0.6) is 0 Å². The van der Waals surface area contributed by atoms with E-state index in [1.165, 1.54) is 0 Å². The van der Waals surface area contributed by atoms with Crippen molar-refractivity contribution < 1.29 is 14.3 Å². The number of halogens is 1. The summed E-state index contributed by atoms with van der Waals surface area (Å²) in [6, 6.07) is 9.76. The van der Waals surface area contributed by atoms with Crippen molar-refractivity contribution in [3.05, 3.63) is 35.9 Å². The second-order valence-electron chi connectivity index (χ2n) is 4.98. The Morgan fingerprint density at radius 3 is 2.79 bits per heavy atom. The van der Waals surface area contributed by atoms with Gasteiger partial charge in [-0.25, -0.2) is 4.79 Å². The number of nitrogens with zero attached hydrogens (tertiary/aromatic N) is 1. The third-order valence-corrected chi connectivity index (χ3v) is 4.17. The molecular weight excluding hydrogens is 357 g/mol. The Balaban J connectivity index is 1.99. The summed E-state index contributed by atoms with van der Waals surface area (Å²) in [4.78, 5) is 13.9. The minimum Gasteiger partial charge on any atom is -0.444 e. The zero-order chi connectivity index (χ0) is 13.9. The van der Waals surface area contributed by atoms with Gasteiger partial charge in [-0.05, 0) is 19.4 Å². The highest BCUT2D eigenvalue weighted by Gasteiger charge is 2.44. The minimum absolute atomic E-state index is 0.0823. The number of alkyl halides is 1. The fourth-order valence-corrected chi connectivity index (χ4v) is 2.80. The Morgan fingerprint density at radius 1 is 1.47 bits per heavy atom. The maximum atomic E-state index is 12.2. The van der Waals surface area contributed by atoms with Crippen molar-refractivity contribution in [1.29, 1.82) is 0 Å². The lowest BCUT2D eigenvalue weighted by Crippen LogP contribution is -2.48. The van der Waals surface area contributed by atoms with Gasteiger partial charge in [0.25, 0.3) is 0 Å². The molecule has 1 aromatic carbocycles. The van der Waals surface area contributed by atoms with Crippen LogP contribution >= 0.6 is 22.6 Å². The number of ether oxygens (including phenoxy) is 2. The van der Waals surface area contributed by atoms with E-state index in [9.17, 15) is 4.79 Å². The molecule has 0 N–H and O–H groups in total. The van der Waals surface area contributed by atoms with Crippen LogP contribution in [0.3, 0.4) is 0 Å². The lowest BCUT2D eigenvalue weighted by Gasteiger charge is -2.32. The lowest BCUT2D eigenvalue weighted by molar-refractivity contribution is -0.0484.